The molecule has 0 aliphatic rings. The number of hydrogen-bond donors (Lipinski definition) is 0. The van der Waals surface area contributed by atoms with E-state index in [-0.39, 0.29) is 0 Å². The van der Waals surface area contributed by atoms with Crippen LogP contribution in [-0.2, 0) is 14.3 Å². The molecule has 0 radical (unpaired) electrons. The number of ether oxygens (including phenoxy) is 1. The van der Waals surface area contributed by atoms with Crippen molar-refractivity contribution in [3.05, 3.63) is 0 Å². The highest BCUT2D eigenvalue weighted by Crippen LogP contribution is 2.13. The van der Waals surface area contributed by atoms with Gasteiger partial charge in [-0.3, -0.25) is 9.59 Å². The molecule has 0 heterocycles. The van der Waals surface area contributed by atoms with Gasteiger partial charge in [-0.25, -0.2) is 0 Å². The maximum Gasteiger partial charge on any atom is 0.317 e. The molecule has 0 N–H and O–H groups in total. The molecule has 12 heavy (non-hydrogen) atoms. The van der Waals surface area contributed by atoms with Gasteiger partial charge in [-0.1, -0.05) is 19.8 Å². The van der Waals surface area contributed by atoms with Gasteiger partial charge < -0.3 is 4.74 Å². The Balaban J connectivity index is 4.04. The molecule has 0 amide bonds. The molecule has 0 spiro atoms. The first-order valence-corrected chi connectivity index (χ1v) is 4.28. The van der Waals surface area contributed by atoms with E-state index in [9.17, 15) is 9.59 Å². The zero-order valence-corrected chi connectivity index (χ0v) is 8.06. The summed E-state index contributed by atoms with van der Waals surface area (Å²) in [5.74, 6) is -1.32. The SMILES string of the molecule is CCCCC(C(=O)Cl)C(=O)OC. The summed E-state index contributed by atoms with van der Waals surface area (Å²) in [5.41, 5.74) is 0. The van der Waals surface area contributed by atoms with Gasteiger partial charge in [0.1, 0.15) is 5.92 Å². The predicted molar refractivity (Wildman–Crippen MR) is 45.9 cm³/mol. The molecule has 0 rings (SSSR count). The van der Waals surface area contributed by atoms with E-state index in [1.807, 2.05) is 6.92 Å². The van der Waals surface area contributed by atoms with Crippen molar-refractivity contribution in [2.75, 3.05) is 7.11 Å². The summed E-state index contributed by atoms with van der Waals surface area (Å²) in [5, 5.41) is -0.629. The zero-order chi connectivity index (χ0) is 9.56. The predicted octanol–water partition coefficient (Wildman–Crippen LogP) is 1.73. The van der Waals surface area contributed by atoms with Crippen LogP contribution in [0.1, 0.15) is 26.2 Å². The van der Waals surface area contributed by atoms with Crippen molar-refractivity contribution in [2.24, 2.45) is 5.92 Å². The molecular formula is C8H13ClO3. The normalized spacial score (nSPS) is 12.2. The first kappa shape index (κ1) is 11.4. The molecule has 3 nitrogen and oxygen atoms in total. The summed E-state index contributed by atoms with van der Waals surface area (Å²) in [6, 6.07) is 0. The molecule has 0 aromatic carbocycles. The lowest BCUT2D eigenvalue weighted by Crippen LogP contribution is -2.21. The smallest absolute Gasteiger partial charge is 0.317 e. The number of esters is 1. The minimum atomic E-state index is -0.781. The monoisotopic (exact) mass is 192 g/mol. The van der Waals surface area contributed by atoms with Gasteiger partial charge in [0.15, 0.2) is 0 Å². The quantitative estimate of drug-likeness (QED) is 0.379. The van der Waals surface area contributed by atoms with Crippen molar-refractivity contribution in [3.63, 3.8) is 0 Å². The van der Waals surface area contributed by atoms with Gasteiger partial charge in [-0.15, -0.1) is 0 Å². The molecule has 0 saturated carbocycles. The van der Waals surface area contributed by atoms with E-state index < -0.39 is 17.1 Å². The van der Waals surface area contributed by atoms with Crippen LogP contribution < -0.4 is 0 Å². The number of halogens is 1. The molecule has 0 aromatic rings. The van der Waals surface area contributed by atoms with Crippen LogP contribution >= 0.6 is 11.6 Å². The average molecular weight is 193 g/mol. The highest BCUT2D eigenvalue weighted by atomic mass is 35.5. The Morgan fingerprint density at radius 3 is 2.42 bits per heavy atom. The van der Waals surface area contributed by atoms with Crippen molar-refractivity contribution in [1.82, 2.24) is 0 Å². The molecule has 0 bridgehead atoms. The Kier molecular flexibility index (Phi) is 5.72. The lowest BCUT2D eigenvalue weighted by Gasteiger charge is -2.08. The number of carbonyl (C=O) groups excluding carboxylic acids is 2. The second-order valence-electron chi connectivity index (χ2n) is 2.52. The molecule has 1 unspecified atom stereocenters. The largest absolute Gasteiger partial charge is 0.468 e. The van der Waals surface area contributed by atoms with Crippen molar-refractivity contribution in [1.29, 1.82) is 0 Å². The molecule has 0 aliphatic carbocycles. The number of unbranched alkanes of at least 4 members (excludes halogenated alkanes) is 1. The summed E-state index contributed by atoms with van der Waals surface area (Å²) >= 11 is 5.21. The molecule has 0 aliphatic heterocycles. The fourth-order valence-corrected chi connectivity index (χ4v) is 1.07. The van der Waals surface area contributed by atoms with Gasteiger partial charge in [0, 0.05) is 0 Å². The minimum absolute atomic E-state index is 0.478. The summed E-state index contributed by atoms with van der Waals surface area (Å²) in [7, 11) is 1.25. The van der Waals surface area contributed by atoms with Crippen LogP contribution in [0, 0.1) is 5.92 Å². The summed E-state index contributed by atoms with van der Waals surface area (Å²) in [6.45, 7) is 1.98. The maximum absolute atomic E-state index is 10.9. The van der Waals surface area contributed by atoms with E-state index in [2.05, 4.69) is 4.74 Å². The van der Waals surface area contributed by atoms with Crippen LogP contribution in [0.5, 0.6) is 0 Å². The fourth-order valence-electron chi connectivity index (χ4n) is 0.874. The Morgan fingerprint density at radius 1 is 1.50 bits per heavy atom. The Labute approximate surface area is 77.0 Å². The lowest BCUT2D eigenvalue weighted by molar-refractivity contribution is -0.147. The summed E-state index contributed by atoms with van der Waals surface area (Å²) < 4.78 is 4.43. The van der Waals surface area contributed by atoms with Gasteiger partial charge in [-0.05, 0) is 18.0 Å². The Bertz CT molecular complexity index is 168. The molecule has 4 heteroatoms. The van der Waals surface area contributed by atoms with Gasteiger partial charge in [0.25, 0.3) is 0 Å². The average Bonchev–Trinajstić information content (AvgIpc) is 2.04. The standard InChI is InChI=1S/C8H13ClO3/c1-3-4-5-6(7(9)10)8(11)12-2/h6H,3-5H2,1-2H3. The topological polar surface area (TPSA) is 43.4 Å². The number of methoxy groups -OCH3 is 1. The van der Waals surface area contributed by atoms with E-state index in [0.717, 1.165) is 12.8 Å². The maximum atomic E-state index is 10.9. The third kappa shape index (κ3) is 3.72. The van der Waals surface area contributed by atoms with Crippen molar-refractivity contribution >= 4 is 22.8 Å². The van der Waals surface area contributed by atoms with Crippen molar-refractivity contribution < 1.29 is 14.3 Å². The minimum Gasteiger partial charge on any atom is -0.468 e. The van der Waals surface area contributed by atoms with E-state index in [1.165, 1.54) is 7.11 Å². The van der Waals surface area contributed by atoms with E-state index in [0.29, 0.717) is 6.42 Å². The van der Waals surface area contributed by atoms with Crippen LogP contribution in [-0.4, -0.2) is 18.3 Å². The van der Waals surface area contributed by atoms with Crippen LogP contribution in [0.15, 0.2) is 0 Å². The molecule has 0 fully saturated rings. The van der Waals surface area contributed by atoms with Gasteiger partial charge in [0.05, 0.1) is 7.11 Å². The van der Waals surface area contributed by atoms with Crippen LogP contribution in [0.2, 0.25) is 0 Å². The van der Waals surface area contributed by atoms with E-state index >= 15 is 0 Å². The zero-order valence-electron chi connectivity index (χ0n) is 7.30. The van der Waals surface area contributed by atoms with Gasteiger partial charge in [0.2, 0.25) is 5.24 Å². The van der Waals surface area contributed by atoms with Crippen molar-refractivity contribution in [2.45, 2.75) is 26.2 Å². The molecule has 0 saturated heterocycles. The highest BCUT2D eigenvalue weighted by molar-refractivity contribution is 6.65. The Hall–Kier alpha value is -0.570. The summed E-state index contributed by atoms with van der Waals surface area (Å²) in [4.78, 5) is 21.6. The number of carbonyl (C=O) groups is 2. The summed E-state index contributed by atoms with van der Waals surface area (Å²) in [6.07, 6.45) is 2.21. The Morgan fingerprint density at radius 2 is 2.08 bits per heavy atom. The van der Waals surface area contributed by atoms with E-state index in [4.69, 9.17) is 11.6 Å². The van der Waals surface area contributed by atoms with Gasteiger partial charge in [-0.2, -0.15) is 0 Å². The highest BCUT2D eigenvalue weighted by Gasteiger charge is 2.24. The molecule has 0 aromatic heterocycles. The molecule has 70 valence electrons. The number of rotatable bonds is 5. The van der Waals surface area contributed by atoms with E-state index in [1.54, 1.807) is 0 Å². The fraction of sp³-hybridized carbons (Fsp3) is 0.750. The van der Waals surface area contributed by atoms with Crippen LogP contribution in [0.4, 0.5) is 0 Å². The second kappa shape index (κ2) is 6.00. The second-order valence-corrected chi connectivity index (χ2v) is 2.89. The first-order chi connectivity index (χ1) is 5.63. The van der Waals surface area contributed by atoms with Crippen LogP contribution in [0.3, 0.4) is 0 Å². The van der Waals surface area contributed by atoms with Crippen molar-refractivity contribution in [3.8, 4) is 0 Å². The van der Waals surface area contributed by atoms with Gasteiger partial charge >= 0.3 is 5.97 Å². The first-order valence-electron chi connectivity index (χ1n) is 3.90. The number of hydrogen-bond acceptors (Lipinski definition) is 3. The molecule has 1 atom stereocenters. The molecular weight excluding hydrogens is 180 g/mol. The third-order valence-corrected chi connectivity index (χ3v) is 1.87. The van der Waals surface area contributed by atoms with Crippen LogP contribution in [0.25, 0.3) is 0 Å². The lowest BCUT2D eigenvalue weighted by atomic mass is 10.0. The third-order valence-electron chi connectivity index (χ3n) is 1.61.